The number of hydrogen-bond donors (Lipinski definition) is 0. The Balaban J connectivity index is 6.09. The Kier molecular flexibility index (Phi) is 5.08. The molecule has 0 nitrogen and oxygen atoms in total. The first kappa shape index (κ1) is 20.4. The van der Waals surface area contributed by atoms with Crippen molar-refractivity contribution in [1.29, 1.82) is 0 Å². The average molecular weight is 369 g/mol. The number of hydrogen-bond acceptors (Lipinski definition) is 0. The van der Waals surface area contributed by atoms with Crippen LogP contribution in [0.2, 0.25) is 0 Å². The molecule has 0 saturated carbocycles. The lowest BCUT2D eigenvalue weighted by Gasteiger charge is -2.39. The average Bonchev–Trinajstić information content (AvgIpc) is 2.27. The Hall–Kier alpha value is -0.620. The van der Waals surface area contributed by atoms with Crippen molar-refractivity contribution in [1.82, 2.24) is 0 Å². The molecule has 128 valence electrons. The number of rotatable bonds is 6. The molecule has 0 aliphatic carbocycles. The van der Waals surface area contributed by atoms with Crippen LogP contribution in [-0.2, 0) is 0 Å². The summed E-state index contributed by atoms with van der Waals surface area (Å²) < 4.78 is 160. The van der Waals surface area contributed by atoms with Crippen LogP contribution in [0.5, 0.6) is 0 Å². The SMILES string of the molecule is FC(F)C(F)(F)C(F)(F)C(F)(F)C(F)(F)C(F)(F)C(F)Cl. The molecule has 0 N–H and O–H groups in total. The van der Waals surface area contributed by atoms with E-state index in [1.54, 1.807) is 0 Å². The second kappa shape index (κ2) is 5.23. The quantitative estimate of drug-likeness (QED) is 0.459. The van der Waals surface area contributed by atoms with Crippen molar-refractivity contribution in [2.24, 2.45) is 0 Å². The van der Waals surface area contributed by atoms with Crippen molar-refractivity contribution in [3.63, 3.8) is 0 Å². The molecule has 0 aromatic carbocycles. The molecule has 0 saturated heterocycles. The lowest BCUT2D eigenvalue weighted by molar-refractivity contribution is -0.415. The second-order valence-corrected chi connectivity index (χ2v) is 3.95. The molecule has 0 radical (unpaired) electrons. The molecule has 0 rings (SSSR count). The normalized spacial score (nSPS) is 17.3. The van der Waals surface area contributed by atoms with Gasteiger partial charge < -0.3 is 0 Å². The summed E-state index contributed by atoms with van der Waals surface area (Å²) in [6.45, 7) is 0. The zero-order valence-corrected chi connectivity index (χ0v) is 9.70. The summed E-state index contributed by atoms with van der Waals surface area (Å²) in [5, 5.41) is 0. The second-order valence-electron chi connectivity index (χ2n) is 3.57. The van der Waals surface area contributed by atoms with E-state index in [1.165, 1.54) is 0 Å². The van der Waals surface area contributed by atoms with Gasteiger partial charge in [0.15, 0.2) is 0 Å². The lowest BCUT2D eigenvalue weighted by atomic mass is 9.95. The van der Waals surface area contributed by atoms with Crippen LogP contribution in [0, 0.1) is 0 Å². The molecule has 0 bridgehead atoms. The molecule has 0 heterocycles. The van der Waals surface area contributed by atoms with Crippen molar-refractivity contribution >= 4 is 11.6 Å². The minimum Gasteiger partial charge on any atom is -0.223 e. The van der Waals surface area contributed by atoms with Gasteiger partial charge in [-0.05, 0) is 0 Å². The first-order chi connectivity index (χ1) is 8.89. The van der Waals surface area contributed by atoms with Gasteiger partial charge in [-0.3, -0.25) is 0 Å². The van der Waals surface area contributed by atoms with Crippen LogP contribution in [-0.4, -0.2) is 41.7 Å². The zero-order chi connectivity index (χ0) is 17.7. The monoisotopic (exact) mass is 368 g/mol. The largest absolute Gasteiger partial charge is 0.384 e. The van der Waals surface area contributed by atoms with Gasteiger partial charge in [-0.1, -0.05) is 11.6 Å². The third-order valence-corrected chi connectivity index (χ3v) is 2.45. The van der Waals surface area contributed by atoms with Crippen LogP contribution in [0.3, 0.4) is 0 Å². The fourth-order valence-corrected chi connectivity index (χ4v) is 1.03. The predicted molar refractivity (Wildman–Crippen MR) is 41.5 cm³/mol. The van der Waals surface area contributed by atoms with Crippen molar-refractivity contribution in [2.75, 3.05) is 0 Å². The molecule has 14 heteroatoms. The van der Waals surface area contributed by atoms with E-state index in [1.807, 2.05) is 0 Å². The summed E-state index contributed by atoms with van der Waals surface area (Å²) in [7, 11) is 0. The highest BCUT2D eigenvalue weighted by atomic mass is 35.5. The van der Waals surface area contributed by atoms with E-state index in [0.717, 1.165) is 0 Å². The summed E-state index contributed by atoms with van der Waals surface area (Å²) in [5.41, 5.74) is -4.69. The van der Waals surface area contributed by atoms with E-state index in [-0.39, 0.29) is 0 Å². The summed E-state index contributed by atoms with van der Waals surface area (Å²) in [4.78, 5) is 0. The third-order valence-electron chi connectivity index (χ3n) is 2.17. The molecule has 0 fully saturated rings. The molecule has 0 aromatic rings. The van der Waals surface area contributed by atoms with Gasteiger partial charge >= 0.3 is 36.0 Å². The summed E-state index contributed by atoms with van der Waals surface area (Å²) >= 11 is 3.78. The van der Waals surface area contributed by atoms with E-state index >= 15 is 0 Å². The molecular formula is C7H2ClF13. The van der Waals surface area contributed by atoms with Gasteiger partial charge in [-0.2, -0.15) is 43.9 Å². The lowest BCUT2D eigenvalue weighted by Crippen LogP contribution is -2.69. The molecule has 0 amide bonds. The Labute approximate surface area is 111 Å². The molecule has 1 atom stereocenters. The van der Waals surface area contributed by atoms with Crippen molar-refractivity contribution < 1.29 is 57.1 Å². The minimum atomic E-state index is -7.75. The molecular weight excluding hydrogens is 367 g/mol. The first-order valence-electron chi connectivity index (χ1n) is 4.34. The Morgan fingerprint density at radius 1 is 0.524 bits per heavy atom. The van der Waals surface area contributed by atoms with E-state index in [4.69, 9.17) is 0 Å². The Morgan fingerprint density at radius 3 is 1.05 bits per heavy atom. The van der Waals surface area contributed by atoms with Crippen LogP contribution >= 0.6 is 11.6 Å². The van der Waals surface area contributed by atoms with Crippen LogP contribution in [0.4, 0.5) is 57.1 Å². The zero-order valence-electron chi connectivity index (χ0n) is 8.95. The minimum absolute atomic E-state index is 3.78. The molecule has 0 spiro atoms. The van der Waals surface area contributed by atoms with E-state index in [9.17, 15) is 57.1 Å². The third kappa shape index (κ3) is 2.61. The molecule has 21 heavy (non-hydrogen) atoms. The summed E-state index contributed by atoms with van der Waals surface area (Å²) in [6, 6.07) is 0. The highest BCUT2D eigenvalue weighted by Crippen LogP contribution is 2.59. The van der Waals surface area contributed by atoms with E-state index < -0.39 is 41.7 Å². The Morgan fingerprint density at radius 2 is 0.810 bits per heavy atom. The van der Waals surface area contributed by atoms with Crippen LogP contribution < -0.4 is 0 Å². The van der Waals surface area contributed by atoms with E-state index in [2.05, 4.69) is 11.6 Å². The smallest absolute Gasteiger partial charge is 0.223 e. The summed E-state index contributed by atoms with van der Waals surface area (Å²) in [6.07, 6.45) is -5.60. The van der Waals surface area contributed by atoms with Crippen LogP contribution in [0.1, 0.15) is 0 Å². The maximum absolute atomic E-state index is 12.7. The van der Waals surface area contributed by atoms with Crippen LogP contribution in [0.25, 0.3) is 0 Å². The topological polar surface area (TPSA) is 0 Å². The first-order valence-corrected chi connectivity index (χ1v) is 4.78. The van der Waals surface area contributed by atoms with E-state index in [0.29, 0.717) is 0 Å². The van der Waals surface area contributed by atoms with Gasteiger partial charge in [0.05, 0.1) is 0 Å². The van der Waals surface area contributed by atoms with Crippen LogP contribution in [0.15, 0.2) is 0 Å². The molecule has 0 aromatic heterocycles. The highest BCUT2D eigenvalue weighted by Gasteiger charge is 2.88. The number of halogens is 14. The number of alkyl halides is 14. The van der Waals surface area contributed by atoms with Gasteiger partial charge in [-0.15, -0.1) is 0 Å². The van der Waals surface area contributed by atoms with Gasteiger partial charge in [0.1, 0.15) is 0 Å². The van der Waals surface area contributed by atoms with Gasteiger partial charge in [-0.25, -0.2) is 13.2 Å². The molecule has 1 unspecified atom stereocenters. The molecule has 0 aliphatic heterocycles. The van der Waals surface area contributed by atoms with Crippen molar-refractivity contribution in [3.8, 4) is 0 Å². The van der Waals surface area contributed by atoms with Crippen molar-refractivity contribution in [3.05, 3.63) is 0 Å². The Bertz CT molecular complexity index is 339. The molecule has 0 aliphatic rings. The fourth-order valence-electron chi connectivity index (χ4n) is 0.890. The van der Waals surface area contributed by atoms with Gasteiger partial charge in [0.25, 0.3) is 0 Å². The van der Waals surface area contributed by atoms with Crippen molar-refractivity contribution in [2.45, 2.75) is 41.7 Å². The maximum atomic E-state index is 12.7. The van der Waals surface area contributed by atoms with Gasteiger partial charge in [0, 0.05) is 0 Å². The highest BCUT2D eigenvalue weighted by molar-refractivity contribution is 6.20. The van der Waals surface area contributed by atoms with Gasteiger partial charge in [0.2, 0.25) is 5.63 Å². The standard InChI is InChI=1S/C7H2ClF13/c8-1(9)3(12,13)5(16,17)7(20,21)6(18,19)4(14,15)2(10)11/h1-2H. The predicted octanol–water partition coefficient (Wildman–Crippen LogP) is 4.96. The maximum Gasteiger partial charge on any atom is 0.384 e. The summed E-state index contributed by atoms with van der Waals surface area (Å²) in [5.74, 6) is -36.7. The fraction of sp³-hybridized carbons (Fsp3) is 1.00.